The molecule has 0 fully saturated rings. The predicted octanol–water partition coefficient (Wildman–Crippen LogP) is 1.92. The zero-order chi connectivity index (χ0) is 12.0. The topological polar surface area (TPSA) is 51.4 Å². The van der Waals surface area contributed by atoms with Crippen molar-refractivity contribution in [3.8, 4) is 0 Å². The Morgan fingerprint density at radius 3 is 2.75 bits per heavy atom. The van der Waals surface area contributed by atoms with Crippen molar-refractivity contribution in [1.82, 2.24) is 4.98 Å². The molecule has 1 heterocycles. The van der Waals surface area contributed by atoms with Crippen LogP contribution in [0.25, 0.3) is 0 Å². The number of nitrogen functional groups attached to an aromatic ring is 1. The summed E-state index contributed by atoms with van der Waals surface area (Å²) in [6.07, 6.45) is 2.77. The van der Waals surface area contributed by atoms with Crippen LogP contribution in [0.2, 0.25) is 0 Å². The van der Waals surface area contributed by atoms with E-state index in [0.717, 1.165) is 18.8 Å². The first kappa shape index (κ1) is 12.8. The lowest BCUT2D eigenvalue weighted by Gasteiger charge is -2.29. The lowest BCUT2D eigenvalue weighted by molar-refractivity contribution is 0.203. The van der Waals surface area contributed by atoms with Crippen molar-refractivity contribution < 1.29 is 4.74 Å². The number of rotatable bonds is 6. The highest BCUT2D eigenvalue weighted by molar-refractivity contribution is 5.46. The number of pyridine rings is 1. The van der Waals surface area contributed by atoms with E-state index in [1.54, 1.807) is 13.3 Å². The number of aromatic nitrogens is 1. The Balaban J connectivity index is 2.78. The van der Waals surface area contributed by atoms with E-state index in [1.165, 1.54) is 0 Å². The first-order chi connectivity index (χ1) is 7.69. The van der Waals surface area contributed by atoms with Gasteiger partial charge in [0, 0.05) is 19.7 Å². The SMILES string of the molecule is CCC(C)N(CCOC)c1ccc(N)cn1. The molecule has 0 aliphatic heterocycles. The molecule has 1 rings (SSSR count). The lowest BCUT2D eigenvalue weighted by Crippen LogP contribution is -2.36. The van der Waals surface area contributed by atoms with E-state index >= 15 is 0 Å². The minimum atomic E-state index is 0.450. The summed E-state index contributed by atoms with van der Waals surface area (Å²) < 4.78 is 5.12. The highest BCUT2D eigenvalue weighted by Crippen LogP contribution is 2.16. The molecule has 0 amide bonds. The van der Waals surface area contributed by atoms with Crippen LogP contribution in [0, 0.1) is 0 Å². The van der Waals surface area contributed by atoms with Gasteiger partial charge in [-0.05, 0) is 25.5 Å². The molecule has 0 aliphatic rings. The van der Waals surface area contributed by atoms with E-state index in [9.17, 15) is 0 Å². The highest BCUT2D eigenvalue weighted by Gasteiger charge is 2.13. The summed E-state index contributed by atoms with van der Waals surface area (Å²) in [5.41, 5.74) is 6.32. The normalized spacial score (nSPS) is 12.4. The molecule has 2 N–H and O–H groups in total. The molecule has 0 aromatic carbocycles. The Bertz CT molecular complexity index is 300. The summed E-state index contributed by atoms with van der Waals surface area (Å²) in [4.78, 5) is 6.58. The van der Waals surface area contributed by atoms with Crippen LogP contribution in [-0.4, -0.2) is 31.3 Å². The fourth-order valence-corrected chi connectivity index (χ4v) is 1.54. The minimum absolute atomic E-state index is 0.450. The zero-order valence-electron chi connectivity index (χ0n) is 10.3. The number of hydrogen-bond acceptors (Lipinski definition) is 4. The van der Waals surface area contributed by atoms with Gasteiger partial charge in [-0.25, -0.2) is 4.98 Å². The molecule has 4 heteroatoms. The number of nitrogens with zero attached hydrogens (tertiary/aromatic N) is 2. The summed E-state index contributed by atoms with van der Waals surface area (Å²) in [6, 6.07) is 4.29. The molecule has 0 aliphatic carbocycles. The zero-order valence-corrected chi connectivity index (χ0v) is 10.3. The summed E-state index contributed by atoms with van der Waals surface area (Å²) in [6.45, 7) is 5.91. The standard InChI is InChI=1S/C12H21N3O/c1-4-10(2)15(7-8-16-3)12-6-5-11(13)9-14-12/h5-6,9-10H,4,7-8,13H2,1-3H3. The molecule has 4 nitrogen and oxygen atoms in total. The molecule has 1 aromatic heterocycles. The van der Waals surface area contributed by atoms with Gasteiger partial charge in [0.2, 0.25) is 0 Å². The summed E-state index contributed by atoms with van der Waals surface area (Å²) in [5.74, 6) is 0.959. The number of nitrogens with two attached hydrogens (primary N) is 1. The van der Waals surface area contributed by atoms with E-state index in [4.69, 9.17) is 10.5 Å². The van der Waals surface area contributed by atoms with Crippen LogP contribution in [-0.2, 0) is 4.74 Å². The first-order valence-electron chi connectivity index (χ1n) is 5.66. The predicted molar refractivity (Wildman–Crippen MR) is 67.6 cm³/mol. The third-order valence-corrected chi connectivity index (χ3v) is 2.72. The molecular formula is C12H21N3O. The van der Waals surface area contributed by atoms with E-state index in [1.807, 2.05) is 12.1 Å². The molecule has 0 saturated heterocycles. The molecule has 1 atom stereocenters. The second-order valence-electron chi connectivity index (χ2n) is 3.89. The van der Waals surface area contributed by atoms with Crippen molar-refractivity contribution in [2.75, 3.05) is 30.9 Å². The van der Waals surface area contributed by atoms with Gasteiger partial charge in [0.25, 0.3) is 0 Å². The van der Waals surface area contributed by atoms with Gasteiger partial charge in [0.1, 0.15) is 5.82 Å². The molecular weight excluding hydrogens is 202 g/mol. The fraction of sp³-hybridized carbons (Fsp3) is 0.583. The monoisotopic (exact) mass is 223 g/mol. The van der Waals surface area contributed by atoms with Gasteiger partial charge in [-0.3, -0.25) is 0 Å². The maximum Gasteiger partial charge on any atom is 0.128 e. The third-order valence-electron chi connectivity index (χ3n) is 2.72. The smallest absolute Gasteiger partial charge is 0.128 e. The van der Waals surface area contributed by atoms with Gasteiger partial charge >= 0.3 is 0 Å². The molecule has 0 saturated carbocycles. The van der Waals surface area contributed by atoms with E-state index < -0.39 is 0 Å². The van der Waals surface area contributed by atoms with Gasteiger partial charge in [-0.1, -0.05) is 6.92 Å². The average Bonchev–Trinajstić information content (AvgIpc) is 2.31. The molecule has 90 valence electrons. The van der Waals surface area contributed by atoms with Gasteiger partial charge in [-0.15, -0.1) is 0 Å². The van der Waals surface area contributed by atoms with Crippen molar-refractivity contribution in [3.63, 3.8) is 0 Å². The molecule has 0 radical (unpaired) electrons. The van der Waals surface area contributed by atoms with Crippen LogP contribution in [0.5, 0.6) is 0 Å². The van der Waals surface area contributed by atoms with Crippen molar-refractivity contribution in [1.29, 1.82) is 0 Å². The fourth-order valence-electron chi connectivity index (χ4n) is 1.54. The Morgan fingerprint density at radius 1 is 1.50 bits per heavy atom. The van der Waals surface area contributed by atoms with Gasteiger partial charge in [-0.2, -0.15) is 0 Å². The Morgan fingerprint density at radius 2 is 2.25 bits per heavy atom. The molecule has 0 bridgehead atoms. The first-order valence-corrected chi connectivity index (χ1v) is 5.66. The Hall–Kier alpha value is -1.29. The van der Waals surface area contributed by atoms with Crippen molar-refractivity contribution in [3.05, 3.63) is 18.3 Å². The summed E-state index contributed by atoms with van der Waals surface area (Å²) in [5, 5.41) is 0. The van der Waals surface area contributed by atoms with Crippen molar-refractivity contribution >= 4 is 11.5 Å². The summed E-state index contributed by atoms with van der Waals surface area (Å²) >= 11 is 0. The maximum atomic E-state index is 5.63. The molecule has 1 aromatic rings. The van der Waals surface area contributed by atoms with Crippen LogP contribution in [0.1, 0.15) is 20.3 Å². The van der Waals surface area contributed by atoms with E-state index in [0.29, 0.717) is 18.3 Å². The minimum Gasteiger partial charge on any atom is -0.397 e. The number of methoxy groups -OCH3 is 1. The van der Waals surface area contributed by atoms with Gasteiger partial charge in [0.05, 0.1) is 18.5 Å². The van der Waals surface area contributed by atoms with Crippen molar-refractivity contribution in [2.24, 2.45) is 0 Å². The van der Waals surface area contributed by atoms with Gasteiger partial charge < -0.3 is 15.4 Å². The lowest BCUT2D eigenvalue weighted by atomic mass is 10.2. The third kappa shape index (κ3) is 3.38. The quantitative estimate of drug-likeness (QED) is 0.800. The molecule has 1 unspecified atom stereocenters. The Labute approximate surface area is 97.4 Å². The van der Waals surface area contributed by atoms with Crippen molar-refractivity contribution in [2.45, 2.75) is 26.3 Å². The van der Waals surface area contributed by atoms with Crippen LogP contribution >= 0.6 is 0 Å². The maximum absolute atomic E-state index is 5.63. The average molecular weight is 223 g/mol. The van der Waals surface area contributed by atoms with Crippen LogP contribution in [0.3, 0.4) is 0 Å². The Kier molecular flexibility index (Phi) is 5.05. The highest BCUT2D eigenvalue weighted by atomic mass is 16.5. The number of ether oxygens (including phenoxy) is 1. The largest absolute Gasteiger partial charge is 0.397 e. The second kappa shape index (κ2) is 6.33. The van der Waals surface area contributed by atoms with E-state index in [2.05, 4.69) is 23.7 Å². The number of hydrogen-bond donors (Lipinski definition) is 1. The summed E-state index contributed by atoms with van der Waals surface area (Å²) in [7, 11) is 1.71. The second-order valence-corrected chi connectivity index (χ2v) is 3.89. The number of anilines is 2. The van der Waals surface area contributed by atoms with Crippen LogP contribution < -0.4 is 10.6 Å². The van der Waals surface area contributed by atoms with Crippen LogP contribution in [0.15, 0.2) is 18.3 Å². The van der Waals surface area contributed by atoms with Gasteiger partial charge in [0.15, 0.2) is 0 Å². The molecule has 16 heavy (non-hydrogen) atoms. The van der Waals surface area contributed by atoms with E-state index in [-0.39, 0.29) is 0 Å². The molecule has 0 spiro atoms. The van der Waals surface area contributed by atoms with Crippen LogP contribution in [0.4, 0.5) is 11.5 Å².